The molecule has 1 aliphatic carbocycles. The third-order valence-corrected chi connectivity index (χ3v) is 4.13. The second-order valence-electron chi connectivity index (χ2n) is 5.03. The van der Waals surface area contributed by atoms with Gasteiger partial charge in [0.25, 0.3) is 0 Å². The molecular weight excluding hydrogens is 244 g/mol. The van der Waals surface area contributed by atoms with Gasteiger partial charge < -0.3 is 4.90 Å². The highest BCUT2D eigenvalue weighted by Gasteiger charge is 2.19. The van der Waals surface area contributed by atoms with Crippen LogP contribution in [0.5, 0.6) is 0 Å². The molecule has 1 aromatic rings. The SMILES string of the molecule is CN(c1ccc(C#N)cc1Cl)C1CCCCCC1. The molecule has 96 valence electrons. The molecular formula is C15H19ClN2. The van der Waals surface area contributed by atoms with Crippen LogP contribution in [0.2, 0.25) is 5.02 Å². The molecule has 0 aromatic heterocycles. The summed E-state index contributed by atoms with van der Waals surface area (Å²) < 4.78 is 0. The molecule has 0 aliphatic heterocycles. The lowest BCUT2D eigenvalue weighted by Crippen LogP contribution is -2.31. The van der Waals surface area contributed by atoms with E-state index in [1.807, 2.05) is 12.1 Å². The van der Waals surface area contributed by atoms with E-state index in [0.717, 1.165) is 5.69 Å². The van der Waals surface area contributed by atoms with Crippen LogP contribution < -0.4 is 4.90 Å². The summed E-state index contributed by atoms with van der Waals surface area (Å²) in [6, 6.07) is 8.26. The van der Waals surface area contributed by atoms with E-state index >= 15 is 0 Å². The summed E-state index contributed by atoms with van der Waals surface area (Å²) in [7, 11) is 2.11. The largest absolute Gasteiger partial charge is 0.370 e. The van der Waals surface area contributed by atoms with Gasteiger partial charge in [-0.05, 0) is 31.0 Å². The maximum absolute atomic E-state index is 8.86. The maximum Gasteiger partial charge on any atom is 0.0992 e. The second kappa shape index (κ2) is 6.11. The van der Waals surface area contributed by atoms with Crippen LogP contribution in [-0.2, 0) is 0 Å². The Morgan fingerprint density at radius 2 is 1.89 bits per heavy atom. The Bertz CT molecular complexity index is 442. The van der Waals surface area contributed by atoms with E-state index in [2.05, 4.69) is 18.0 Å². The van der Waals surface area contributed by atoms with Crippen molar-refractivity contribution in [2.75, 3.05) is 11.9 Å². The lowest BCUT2D eigenvalue weighted by Gasteiger charge is -2.30. The first-order valence-electron chi connectivity index (χ1n) is 6.65. The van der Waals surface area contributed by atoms with Gasteiger partial charge in [0.2, 0.25) is 0 Å². The Labute approximate surface area is 114 Å². The first-order chi connectivity index (χ1) is 8.72. The highest BCUT2D eigenvalue weighted by atomic mass is 35.5. The maximum atomic E-state index is 8.86. The minimum Gasteiger partial charge on any atom is -0.370 e. The molecule has 0 atom stereocenters. The number of rotatable bonds is 2. The average Bonchev–Trinajstić information content (AvgIpc) is 2.66. The third kappa shape index (κ3) is 2.97. The van der Waals surface area contributed by atoms with Crippen molar-refractivity contribution in [3.8, 4) is 6.07 Å². The van der Waals surface area contributed by atoms with Crippen molar-refractivity contribution >= 4 is 17.3 Å². The van der Waals surface area contributed by atoms with E-state index < -0.39 is 0 Å². The summed E-state index contributed by atoms with van der Waals surface area (Å²) in [6.07, 6.45) is 7.81. The van der Waals surface area contributed by atoms with Crippen molar-refractivity contribution in [1.29, 1.82) is 5.26 Å². The fraction of sp³-hybridized carbons (Fsp3) is 0.533. The lowest BCUT2D eigenvalue weighted by atomic mass is 10.1. The number of anilines is 1. The molecule has 18 heavy (non-hydrogen) atoms. The van der Waals surface area contributed by atoms with Gasteiger partial charge in [0, 0.05) is 13.1 Å². The molecule has 0 radical (unpaired) electrons. The van der Waals surface area contributed by atoms with Crippen molar-refractivity contribution in [1.82, 2.24) is 0 Å². The van der Waals surface area contributed by atoms with E-state index in [1.54, 1.807) is 6.07 Å². The second-order valence-corrected chi connectivity index (χ2v) is 5.44. The minimum absolute atomic E-state index is 0.581. The average molecular weight is 263 g/mol. The molecule has 0 saturated heterocycles. The molecule has 0 amide bonds. The molecule has 2 rings (SSSR count). The molecule has 0 bridgehead atoms. The van der Waals surface area contributed by atoms with Gasteiger partial charge in [-0.25, -0.2) is 0 Å². The molecule has 1 aliphatic rings. The van der Waals surface area contributed by atoms with Crippen LogP contribution in [0.3, 0.4) is 0 Å². The fourth-order valence-electron chi connectivity index (χ4n) is 2.70. The van der Waals surface area contributed by atoms with Gasteiger partial charge in [0.15, 0.2) is 0 Å². The molecule has 0 heterocycles. The Balaban J connectivity index is 2.17. The molecule has 1 aromatic carbocycles. The van der Waals surface area contributed by atoms with E-state index in [1.165, 1.54) is 38.5 Å². The summed E-state index contributed by atoms with van der Waals surface area (Å²) in [5.74, 6) is 0. The summed E-state index contributed by atoms with van der Waals surface area (Å²) in [4.78, 5) is 2.29. The van der Waals surface area contributed by atoms with Crippen LogP contribution in [0.25, 0.3) is 0 Å². The molecule has 0 spiro atoms. The van der Waals surface area contributed by atoms with Crippen LogP contribution in [0.15, 0.2) is 18.2 Å². The van der Waals surface area contributed by atoms with Crippen LogP contribution >= 0.6 is 11.6 Å². The zero-order chi connectivity index (χ0) is 13.0. The summed E-state index contributed by atoms with van der Waals surface area (Å²) >= 11 is 6.27. The predicted octanol–water partition coefficient (Wildman–Crippen LogP) is 4.37. The van der Waals surface area contributed by atoms with Gasteiger partial charge in [0.1, 0.15) is 0 Å². The Kier molecular flexibility index (Phi) is 4.49. The smallest absolute Gasteiger partial charge is 0.0992 e. The number of nitrogens with zero attached hydrogens (tertiary/aromatic N) is 2. The zero-order valence-electron chi connectivity index (χ0n) is 10.8. The number of nitriles is 1. The van der Waals surface area contributed by atoms with E-state index in [0.29, 0.717) is 16.6 Å². The Hall–Kier alpha value is -1.20. The standard InChI is InChI=1S/C15H19ClN2/c1-18(13-6-4-2-3-5-7-13)15-9-8-12(11-17)10-14(15)16/h8-10,13H,2-7H2,1H3. The number of hydrogen-bond donors (Lipinski definition) is 0. The first-order valence-corrected chi connectivity index (χ1v) is 7.02. The third-order valence-electron chi connectivity index (χ3n) is 3.83. The van der Waals surface area contributed by atoms with Crippen LogP contribution in [-0.4, -0.2) is 13.1 Å². The minimum atomic E-state index is 0.581. The zero-order valence-corrected chi connectivity index (χ0v) is 11.6. The van der Waals surface area contributed by atoms with Gasteiger partial charge in [-0.1, -0.05) is 37.3 Å². The predicted molar refractivity (Wildman–Crippen MR) is 76.1 cm³/mol. The highest BCUT2D eigenvalue weighted by Crippen LogP contribution is 2.31. The highest BCUT2D eigenvalue weighted by molar-refractivity contribution is 6.33. The molecule has 1 fully saturated rings. The molecule has 2 nitrogen and oxygen atoms in total. The van der Waals surface area contributed by atoms with Crippen LogP contribution in [0, 0.1) is 11.3 Å². The summed E-state index contributed by atoms with van der Waals surface area (Å²) in [5, 5.41) is 9.54. The topological polar surface area (TPSA) is 27.0 Å². The summed E-state index contributed by atoms with van der Waals surface area (Å²) in [5.41, 5.74) is 1.67. The van der Waals surface area contributed by atoms with E-state index in [-0.39, 0.29) is 0 Å². The Morgan fingerprint density at radius 1 is 1.22 bits per heavy atom. The van der Waals surface area contributed by atoms with E-state index in [9.17, 15) is 0 Å². The van der Waals surface area contributed by atoms with Crippen molar-refractivity contribution in [2.24, 2.45) is 0 Å². The van der Waals surface area contributed by atoms with Crippen molar-refractivity contribution in [3.05, 3.63) is 28.8 Å². The normalized spacial score (nSPS) is 16.9. The molecule has 0 unspecified atom stereocenters. The molecule has 3 heteroatoms. The van der Waals surface area contributed by atoms with Crippen LogP contribution in [0.4, 0.5) is 5.69 Å². The van der Waals surface area contributed by atoms with Crippen molar-refractivity contribution in [2.45, 2.75) is 44.6 Å². The van der Waals surface area contributed by atoms with Gasteiger partial charge in [0.05, 0.1) is 22.3 Å². The Morgan fingerprint density at radius 3 is 2.44 bits per heavy atom. The number of halogens is 1. The van der Waals surface area contributed by atoms with Gasteiger partial charge in [-0.3, -0.25) is 0 Å². The van der Waals surface area contributed by atoms with Gasteiger partial charge >= 0.3 is 0 Å². The van der Waals surface area contributed by atoms with Gasteiger partial charge in [-0.2, -0.15) is 5.26 Å². The first kappa shape index (κ1) is 13.2. The van der Waals surface area contributed by atoms with Crippen LogP contribution in [0.1, 0.15) is 44.1 Å². The summed E-state index contributed by atoms with van der Waals surface area (Å²) in [6.45, 7) is 0. The lowest BCUT2D eigenvalue weighted by molar-refractivity contribution is 0.553. The number of benzene rings is 1. The quantitative estimate of drug-likeness (QED) is 0.740. The molecule has 1 saturated carbocycles. The monoisotopic (exact) mass is 262 g/mol. The van der Waals surface area contributed by atoms with Crippen molar-refractivity contribution in [3.63, 3.8) is 0 Å². The number of hydrogen-bond acceptors (Lipinski definition) is 2. The molecule has 0 N–H and O–H groups in total. The van der Waals surface area contributed by atoms with E-state index in [4.69, 9.17) is 16.9 Å². The van der Waals surface area contributed by atoms with Crippen molar-refractivity contribution < 1.29 is 0 Å². The van der Waals surface area contributed by atoms with Gasteiger partial charge in [-0.15, -0.1) is 0 Å². The fourth-order valence-corrected chi connectivity index (χ4v) is 3.02.